The summed E-state index contributed by atoms with van der Waals surface area (Å²) < 4.78 is 0. The van der Waals surface area contributed by atoms with Crippen LogP contribution in [0, 0.1) is 0 Å². The molecule has 2 nitrogen and oxygen atoms in total. The molecule has 0 saturated carbocycles. The summed E-state index contributed by atoms with van der Waals surface area (Å²) in [5.41, 5.74) is 1.16. The quantitative estimate of drug-likeness (QED) is 0.459. The van der Waals surface area contributed by atoms with Crippen LogP contribution in [0.5, 0.6) is 0 Å². The highest BCUT2D eigenvalue weighted by atomic mass is 16.3. The Hall–Kier alpha value is -0.860. The van der Waals surface area contributed by atoms with Gasteiger partial charge in [-0.2, -0.15) is 0 Å². The van der Waals surface area contributed by atoms with Crippen molar-refractivity contribution in [2.24, 2.45) is 0 Å². The zero-order chi connectivity index (χ0) is 16.8. The van der Waals surface area contributed by atoms with Crippen molar-refractivity contribution in [3.8, 4) is 0 Å². The third kappa shape index (κ3) is 11.3. The molecule has 0 aliphatic rings. The minimum absolute atomic E-state index is 0.250. The monoisotopic (exact) mass is 320 g/mol. The Balaban J connectivity index is 1.96. The highest BCUT2D eigenvalue weighted by Crippen LogP contribution is 2.14. The number of hydrogen-bond acceptors (Lipinski definition) is 2. The molecule has 2 atom stereocenters. The van der Waals surface area contributed by atoms with Gasteiger partial charge in [0.1, 0.15) is 0 Å². The first-order valence-corrected chi connectivity index (χ1v) is 9.62. The molecule has 1 aromatic carbocycles. The zero-order valence-corrected chi connectivity index (χ0v) is 14.9. The molecule has 0 unspecified atom stereocenters. The molecule has 0 amide bonds. The SMILES string of the molecule is CCCCCCCCCC[C@@H](O)CC[C@@H](O)Cc1ccccc1. The largest absolute Gasteiger partial charge is 0.393 e. The maximum atomic E-state index is 10.1. The minimum atomic E-state index is -0.342. The lowest BCUT2D eigenvalue weighted by Gasteiger charge is -2.14. The Labute approximate surface area is 142 Å². The third-order valence-corrected chi connectivity index (χ3v) is 4.54. The third-order valence-electron chi connectivity index (χ3n) is 4.54. The number of aliphatic hydroxyl groups excluding tert-OH is 2. The normalized spacial score (nSPS) is 13.9. The Morgan fingerprint density at radius 2 is 1.26 bits per heavy atom. The molecule has 0 radical (unpaired) electrons. The fourth-order valence-corrected chi connectivity index (χ4v) is 3.03. The molecule has 0 aliphatic carbocycles. The van der Waals surface area contributed by atoms with Gasteiger partial charge in [-0.15, -0.1) is 0 Å². The van der Waals surface area contributed by atoms with Crippen molar-refractivity contribution in [2.45, 2.75) is 96.2 Å². The lowest BCUT2D eigenvalue weighted by Crippen LogP contribution is -2.15. The van der Waals surface area contributed by atoms with Gasteiger partial charge < -0.3 is 10.2 Å². The van der Waals surface area contributed by atoms with Crippen LogP contribution in [0.1, 0.15) is 83.1 Å². The van der Waals surface area contributed by atoms with Crippen LogP contribution in [-0.4, -0.2) is 22.4 Å². The van der Waals surface area contributed by atoms with Crippen molar-refractivity contribution in [3.05, 3.63) is 35.9 Å². The zero-order valence-electron chi connectivity index (χ0n) is 14.9. The van der Waals surface area contributed by atoms with Gasteiger partial charge in [-0.1, -0.05) is 88.6 Å². The summed E-state index contributed by atoms with van der Waals surface area (Å²) in [7, 11) is 0. The number of aliphatic hydroxyl groups is 2. The Bertz CT molecular complexity index is 363. The predicted molar refractivity (Wildman–Crippen MR) is 98.6 cm³/mol. The lowest BCUT2D eigenvalue weighted by molar-refractivity contribution is 0.107. The highest BCUT2D eigenvalue weighted by molar-refractivity contribution is 5.15. The van der Waals surface area contributed by atoms with Crippen molar-refractivity contribution in [1.29, 1.82) is 0 Å². The van der Waals surface area contributed by atoms with Gasteiger partial charge in [0, 0.05) is 0 Å². The Kier molecular flexibility index (Phi) is 11.9. The van der Waals surface area contributed by atoms with E-state index >= 15 is 0 Å². The van der Waals surface area contributed by atoms with Gasteiger partial charge in [-0.3, -0.25) is 0 Å². The van der Waals surface area contributed by atoms with Crippen LogP contribution < -0.4 is 0 Å². The second-order valence-corrected chi connectivity index (χ2v) is 6.84. The van der Waals surface area contributed by atoms with Crippen molar-refractivity contribution in [2.75, 3.05) is 0 Å². The molecule has 23 heavy (non-hydrogen) atoms. The Morgan fingerprint density at radius 1 is 0.696 bits per heavy atom. The van der Waals surface area contributed by atoms with E-state index in [1.54, 1.807) is 0 Å². The predicted octanol–water partition coefficient (Wildman–Crippen LogP) is 5.26. The van der Waals surface area contributed by atoms with Crippen molar-refractivity contribution in [3.63, 3.8) is 0 Å². The summed E-state index contributed by atoms with van der Waals surface area (Å²) in [5, 5.41) is 20.1. The first kappa shape index (κ1) is 20.2. The Morgan fingerprint density at radius 3 is 1.91 bits per heavy atom. The van der Waals surface area contributed by atoms with Crippen LogP contribution in [0.3, 0.4) is 0 Å². The number of benzene rings is 1. The second kappa shape index (κ2) is 13.6. The highest BCUT2D eigenvalue weighted by Gasteiger charge is 2.10. The van der Waals surface area contributed by atoms with Crippen LogP contribution in [0.2, 0.25) is 0 Å². The molecule has 0 fully saturated rings. The topological polar surface area (TPSA) is 40.5 Å². The molecule has 0 aliphatic heterocycles. The van der Waals surface area contributed by atoms with E-state index < -0.39 is 0 Å². The maximum absolute atomic E-state index is 10.1. The van der Waals surface area contributed by atoms with Crippen LogP contribution in [0.15, 0.2) is 30.3 Å². The molecule has 2 N–H and O–H groups in total. The fourth-order valence-electron chi connectivity index (χ4n) is 3.03. The molecule has 1 rings (SSSR count). The summed E-state index contributed by atoms with van der Waals surface area (Å²) in [6, 6.07) is 10.1. The van der Waals surface area contributed by atoms with E-state index in [-0.39, 0.29) is 12.2 Å². The average molecular weight is 321 g/mol. The second-order valence-electron chi connectivity index (χ2n) is 6.84. The van der Waals surface area contributed by atoms with Gasteiger partial charge in [0.05, 0.1) is 12.2 Å². The van der Waals surface area contributed by atoms with E-state index in [1.807, 2.05) is 30.3 Å². The standard InChI is InChI=1S/C21H36O2/c1-2-3-4-5-6-7-8-12-15-20(22)16-17-21(23)18-19-13-10-9-11-14-19/h9-11,13-14,20-23H,2-8,12,15-18H2,1H3/t20-,21-/m1/s1. The van der Waals surface area contributed by atoms with E-state index in [1.165, 1.54) is 44.9 Å². The first-order chi connectivity index (χ1) is 11.2. The number of hydrogen-bond donors (Lipinski definition) is 2. The van der Waals surface area contributed by atoms with E-state index in [4.69, 9.17) is 0 Å². The summed E-state index contributed by atoms with van der Waals surface area (Å²) in [4.78, 5) is 0. The van der Waals surface area contributed by atoms with E-state index in [0.29, 0.717) is 19.3 Å². The molecule has 0 saturated heterocycles. The molecule has 0 aromatic heterocycles. The van der Waals surface area contributed by atoms with Crippen LogP contribution in [0.4, 0.5) is 0 Å². The molecular formula is C21H36O2. The smallest absolute Gasteiger partial charge is 0.0581 e. The molecule has 0 bridgehead atoms. The van der Waals surface area contributed by atoms with Crippen molar-refractivity contribution in [1.82, 2.24) is 0 Å². The average Bonchev–Trinajstić information content (AvgIpc) is 2.56. The van der Waals surface area contributed by atoms with Gasteiger partial charge in [-0.25, -0.2) is 0 Å². The van der Waals surface area contributed by atoms with Crippen LogP contribution in [-0.2, 0) is 6.42 Å². The maximum Gasteiger partial charge on any atom is 0.0581 e. The van der Waals surface area contributed by atoms with E-state index in [0.717, 1.165) is 18.4 Å². The van der Waals surface area contributed by atoms with E-state index in [9.17, 15) is 10.2 Å². The van der Waals surface area contributed by atoms with Gasteiger partial charge >= 0.3 is 0 Å². The number of unbranched alkanes of at least 4 members (excludes halogenated alkanes) is 7. The molecule has 2 heteroatoms. The number of rotatable bonds is 14. The fraction of sp³-hybridized carbons (Fsp3) is 0.714. The first-order valence-electron chi connectivity index (χ1n) is 9.62. The van der Waals surface area contributed by atoms with E-state index in [2.05, 4.69) is 6.92 Å². The molecule has 0 spiro atoms. The van der Waals surface area contributed by atoms with Crippen molar-refractivity contribution < 1.29 is 10.2 Å². The van der Waals surface area contributed by atoms with Crippen LogP contribution in [0.25, 0.3) is 0 Å². The van der Waals surface area contributed by atoms with Crippen LogP contribution >= 0.6 is 0 Å². The van der Waals surface area contributed by atoms with Gasteiger partial charge in [-0.05, 0) is 31.2 Å². The molecule has 132 valence electrons. The van der Waals surface area contributed by atoms with Gasteiger partial charge in [0.2, 0.25) is 0 Å². The molecular weight excluding hydrogens is 284 g/mol. The van der Waals surface area contributed by atoms with Gasteiger partial charge in [0.15, 0.2) is 0 Å². The van der Waals surface area contributed by atoms with Crippen molar-refractivity contribution >= 4 is 0 Å². The van der Waals surface area contributed by atoms with Gasteiger partial charge in [0.25, 0.3) is 0 Å². The molecule has 1 aromatic rings. The summed E-state index contributed by atoms with van der Waals surface area (Å²) in [6.45, 7) is 2.25. The minimum Gasteiger partial charge on any atom is -0.393 e. The summed E-state index contributed by atoms with van der Waals surface area (Å²) in [5.74, 6) is 0. The summed E-state index contributed by atoms with van der Waals surface area (Å²) in [6.07, 6.45) is 12.8. The summed E-state index contributed by atoms with van der Waals surface area (Å²) >= 11 is 0. The molecule has 0 heterocycles. The lowest BCUT2D eigenvalue weighted by atomic mass is 9.99.